The van der Waals surface area contributed by atoms with Crippen molar-refractivity contribution in [1.29, 1.82) is 0 Å². The van der Waals surface area contributed by atoms with Crippen molar-refractivity contribution in [3.8, 4) is 0 Å². The number of fused-ring (bicyclic) bond motifs is 1. The van der Waals surface area contributed by atoms with Gasteiger partial charge in [0.05, 0.1) is 33.6 Å². The smallest absolute Gasteiger partial charge is 0.340 e. The van der Waals surface area contributed by atoms with Gasteiger partial charge >= 0.3 is 5.97 Å². The van der Waals surface area contributed by atoms with Crippen LogP contribution in [0.4, 0.5) is 14.5 Å². The molecule has 0 atom stereocenters. The van der Waals surface area contributed by atoms with Gasteiger partial charge in [0.1, 0.15) is 11.4 Å². The predicted octanol–water partition coefficient (Wildman–Crippen LogP) is 6.35. The number of hydrogen-bond acceptors (Lipinski definition) is 6. The number of amides is 1. The van der Waals surface area contributed by atoms with Crippen LogP contribution in [0.1, 0.15) is 82.9 Å². The van der Waals surface area contributed by atoms with Gasteiger partial charge in [-0.25, -0.2) is 23.5 Å². The minimum absolute atomic E-state index is 0.148. The van der Waals surface area contributed by atoms with Gasteiger partial charge in [0.15, 0.2) is 0 Å². The van der Waals surface area contributed by atoms with E-state index in [2.05, 4.69) is 17.2 Å². The normalized spacial score (nSPS) is 18.5. The Morgan fingerprint density at radius 3 is 2.61 bits per heavy atom. The molecule has 9 heteroatoms. The molecule has 0 aliphatic heterocycles. The molecule has 6 nitrogen and oxygen atoms in total. The Morgan fingerprint density at radius 2 is 1.94 bits per heavy atom. The number of carbonyl (C=O) groups excluding carboxylic acids is 2. The van der Waals surface area contributed by atoms with E-state index < -0.39 is 24.0 Å². The standard InChI is InChI=1S/C24H25F2N3O3S/c1-3-13-7-9-14(10-8-13)23-29-19-11-15(24(31)32-2)18(12-20(19)33-23)28-22(30)17-6-4-5-16(27-17)21(25)26/h4-6,11-14,21H,3,7-10H2,1-2H3,(H,28,30)/t13-,14-. The minimum Gasteiger partial charge on any atom is -0.465 e. The molecular weight excluding hydrogens is 448 g/mol. The Kier molecular flexibility index (Phi) is 6.97. The lowest BCUT2D eigenvalue weighted by Gasteiger charge is -2.26. The van der Waals surface area contributed by atoms with Gasteiger partial charge < -0.3 is 10.1 Å². The molecule has 1 N–H and O–H groups in total. The molecule has 0 unspecified atom stereocenters. The molecule has 174 valence electrons. The SMILES string of the molecule is CC[C@H]1CC[C@H](c2nc3cc(C(=O)OC)c(NC(=O)c4cccc(C(F)F)n4)cc3s2)CC1. The molecular formula is C24H25F2N3O3S. The van der Waals surface area contributed by atoms with Crippen molar-refractivity contribution in [2.24, 2.45) is 5.92 Å². The molecule has 33 heavy (non-hydrogen) atoms. The monoisotopic (exact) mass is 473 g/mol. The lowest BCUT2D eigenvalue weighted by Crippen LogP contribution is -2.17. The number of ether oxygens (including phenoxy) is 1. The Labute approximate surface area is 194 Å². The van der Waals surface area contributed by atoms with Gasteiger partial charge in [-0.3, -0.25) is 4.79 Å². The Morgan fingerprint density at radius 1 is 1.18 bits per heavy atom. The summed E-state index contributed by atoms with van der Waals surface area (Å²) in [5.74, 6) is -0.143. The fourth-order valence-corrected chi connectivity index (χ4v) is 5.41. The second kappa shape index (κ2) is 9.91. The van der Waals surface area contributed by atoms with E-state index >= 15 is 0 Å². The molecule has 2 aromatic heterocycles. The fraction of sp³-hybridized carbons (Fsp3) is 0.417. The summed E-state index contributed by atoms with van der Waals surface area (Å²) in [5.41, 5.74) is 0.393. The maximum absolute atomic E-state index is 13.0. The third-order valence-corrected chi connectivity index (χ3v) is 7.38. The number of halogens is 2. The van der Waals surface area contributed by atoms with Crippen molar-refractivity contribution in [3.63, 3.8) is 0 Å². The lowest BCUT2D eigenvalue weighted by atomic mass is 9.81. The highest BCUT2D eigenvalue weighted by Crippen LogP contribution is 2.40. The van der Waals surface area contributed by atoms with Crippen molar-refractivity contribution in [3.05, 3.63) is 52.3 Å². The maximum Gasteiger partial charge on any atom is 0.340 e. The van der Waals surface area contributed by atoms with Crippen molar-refractivity contribution >= 4 is 39.1 Å². The van der Waals surface area contributed by atoms with E-state index in [9.17, 15) is 18.4 Å². The summed E-state index contributed by atoms with van der Waals surface area (Å²) in [7, 11) is 1.25. The summed E-state index contributed by atoms with van der Waals surface area (Å²) in [5, 5.41) is 3.67. The van der Waals surface area contributed by atoms with Gasteiger partial charge in [-0.1, -0.05) is 19.4 Å². The van der Waals surface area contributed by atoms with Crippen molar-refractivity contribution in [2.75, 3.05) is 12.4 Å². The number of rotatable bonds is 6. The molecule has 1 fully saturated rings. The van der Waals surface area contributed by atoms with Crippen molar-refractivity contribution in [2.45, 2.75) is 51.4 Å². The molecule has 2 heterocycles. The zero-order valence-corrected chi connectivity index (χ0v) is 19.3. The van der Waals surface area contributed by atoms with Crippen LogP contribution in [0.3, 0.4) is 0 Å². The lowest BCUT2D eigenvalue weighted by molar-refractivity contribution is 0.0602. The van der Waals surface area contributed by atoms with Gasteiger partial charge in [-0.05, 0) is 55.9 Å². The summed E-state index contributed by atoms with van der Waals surface area (Å²) in [6, 6.07) is 7.14. The first-order chi connectivity index (χ1) is 15.9. The highest BCUT2D eigenvalue weighted by atomic mass is 32.1. The number of thiazole rings is 1. The molecule has 1 amide bonds. The van der Waals surface area contributed by atoms with Gasteiger partial charge in [0, 0.05) is 5.92 Å². The Balaban J connectivity index is 1.64. The molecule has 0 radical (unpaired) electrons. The molecule has 1 aliphatic carbocycles. The first-order valence-corrected chi connectivity index (χ1v) is 11.8. The third-order valence-electron chi connectivity index (χ3n) is 6.20. The zero-order valence-electron chi connectivity index (χ0n) is 18.4. The van der Waals surface area contributed by atoms with E-state index in [1.165, 1.54) is 38.5 Å². The number of alkyl halides is 2. The van der Waals surface area contributed by atoms with Gasteiger partial charge in [-0.15, -0.1) is 11.3 Å². The van der Waals surface area contributed by atoms with Crippen molar-refractivity contribution in [1.82, 2.24) is 9.97 Å². The largest absolute Gasteiger partial charge is 0.465 e. The highest BCUT2D eigenvalue weighted by molar-refractivity contribution is 7.18. The average molecular weight is 474 g/mol. The summed E-state index contributed by atoms with van der Waals surface area (Å²) in [6.07, 6.45) is 2.98. The second-order valence-corrected chi connectivity index (χ2v) is 9.30. The van der Waals surface area contributed by atoms with Crippen LogP contribution in [-0.4, -0.2) is 29.0 Å². The number of pyridine rings is 1. The second-order valence-electron chi connectivity index (χ2n) is 8.24. The Bertz CT molecular complexity index is 1170. The van der Waals surface area contributed by atoms with E-state index in [1.54, 1.807) is 23.5 Å². The summed E-state index contributed by atoms with van der Waals surface area (Å²) < 4.78 is 31.6. The van der Waals surface area contributed by atoms with E-state index in [1.807, 2.05) is 0 Å². The first-order valence-electron chi connectivity index (χ1n) is 11.0. The molecule has 1 aliphatic rings. The van der Waals surface area contributed by atoms with Gasteiger partial charge in [0.2, 0.25) is 0 Å². The number of aromatic nitrogens is 2. The number of nitrogens with one attached hydrogen (secondary N) is 1. The molecule has 4 rings (SSSR count). The van der Waals surface area contributed by atoms with Crippen LogP contribution in [0.5, 0.6) is 0 Å². The van der Waals surface area contributed by atoms with E-state index in [0.29, 0.717) is 11.4 Å². The van der Waals surface area contributed by atoms with Crippen LogP contribution in [0.25, 0.3) is 10.2 Å². The van der Waals surface area contributed by atoms with Crippen LogP contribution >= 0.6 is 11.3 Å². The van der Waals surface area contributed by atoms with E-state index in [0.717, 1.165) is 34.5 Å². The fourth-order valence-electron chi connectivity index (χ4n) is 4.25. The quantitative estimate of drug-likeness (QED) is 0.422. The van der Waals surface area contributed by atoms with E-state index in [4.69, 9.17) is 9.72 Å². The van der Waals surface area contributed by atoms with Crippen LogP contribution in [-0.2, 0) is 4.74 Å². The number of esters is 1. The van der Waals surface area contributed by atoms with Crippen LogP contribution in [0.15, 0.2) is 30.3 Å². The molecule has 0 spiro atoms. The zero-order chi connectivity index (χ0) is 23.5. The number of nitrogens with zero attached hydrogens (tertiary/aromatic N) is 2. The molecule has 0 bridgehead atoms. The summed E-state index contributed by atoms with van der Waals surface area (Å²) >= 11 is 1.55. The molecule has 0 saturated heterocycles. The highest BCUT2D eigenvalue weighted by Gasteiger charge is 2.25. The van der Waals surface area contributed by atoms with Gasteiger partial charge in [0.25, 0.3) is 12.3 Å². The topological polar surface area (TPSA) is 81.2 Å². The van der Waals surface area contributed by atoms with Crippen LogP contribution in [0, 0.1) is 5.92 Å². The molecule has 1 saturated carbocycles. The molecule has 1 aromatic carbocycles. The average Bonchev–Trinajstić information content (AvgIpc) is 3.26. The number of methoxy groups -OCH3 is 1. The van der Waals surface area contributed by atoms with E-state index in [-0.39, 0.29) is 16.9 Å². The Hall–Kier alpha value is -2.94. The number of hydrogen-bond donors (Lipinski definition) is 1. The first kappa shape index (κ1) is 23.2. The number of benzene rings is 1. The summed E-state index contributed by atoms with van der Waals surface area (Å²) in [4.78, 5) is 33.6. The predicted molar refractivity (Wildman–Crippen MR) is 123 cm³/mol. The van der Waals surface area contributed by atoms with Crippen molar-refractivity contribution < 1.29 is 23.1 Å². The number of anilines is 1. The minimum atomic E-state index is -2.79. The van der Waals surface area contributed by atoms with Crippen LogP contribution in [0.2, 0.25) is 0 Å². The maximum atomic E-state index is 13.0. The third kappa shape index (κ3) is 5.03. The van der Waals surface area contributed by atoms with Gasteiger partial charge in [-0.2, -0.15) is 0 Å². The summed E-state index contributed by atoms with van der Waals surface area (Å²) in [6.45, 7) is 2.23. The molecule has 3 aromatic rings. The number of carbonyl (C=O) groups is 2. The van der Waals surface area contributed by atoms with Crippen LogP contribution < -0.4 is 5.32 Å².